The lowest BCUT2D eigenvalue weighted by atomic mass is 10.2. The van der Waals surface area contributed by atoms with Crippen LogP contribution in [-0.4, -0.2) is 27.1 Å². The molecule has 12 heteroatoms. The molecule has 0 saturated heterocycles. The number of hydrazone groups is 1. The number of hydrogen-bond donors (Lipinski definition) is 1. The van der Waals surface area contributed by atoms with Crippen molar-refractivity contribution in [1.29, 1.82) is 0 Å². The Morgan fingerprint density at radius 2 is 1.68 bits per heavy atom. The topological polar surface area (TPSA) is 78.8 Å². The van der Waals surface area contributed by atoms with Crippen molar-refractivity contribution in [2.75, 3.05) is 10.8 Å². The Kier molecular flexibility index (Phi) is 7.86. The zero-order chi connectivity index (χ0) is 24.9. The van der Waals surface area contributed by atoms with E-state index in [2.05, 4.69) is 10.5 Å². The van der Waals surface area contributed by atoms with E-state index in [-0.39, 0.29) is 15.6 Å². The normalized spacial score (nSPS) is 12.0. The molecule has 0 bridgehead atoms. The Labute approximate surface area is 203 Å². The van der Waals surface area contributed by atoms with Crippen molar-refractivity contribution in [3.05, 3.63) is 94.0 Å². The predicted molar refractivity (Wildman–Crippen MR) is 125 cm³/mol. The molecule has 0 heterocycles. The lowest BCUT2D eigenvalue weighted by Gasteiger charge is -2.24. The van der Waals surface area contributed by atoms with Crippen LogP contribution in [0.25, 0.3) is 0 Å². The molecule has 0 unspecified atom stereocenters. The second-order valence-corrected chi connectivity index (χ2v) is 9.52. The van der Waals surface area contributed by atoms with Gasteiger partial charge in [-0.1, -0.05) is 53.5 Å². The van der Waals surface area contributed by atoms with Crippen molar-refractivity contribution in [3.63, 3.8) is 0 Å². The van der Waals surface area contributed by atoms with E-state index in [0.717, 1.165) is 12.1 Å². The third-order valence-electron chi connectivity index (χ3n) is 4.43. The third kappa shape index (κ3) is 6.28. The molecule has 0 aliphatic heterocycles. The summed E-state index contributed by atoms with van der Waals surface area (Å²) in [6.07, 6.45) is -3.45. The molecule has 0 aliphatic carbocycles. The van der Waals surface area contributed by atoms with Crippen LogP contribution >= 0.6 is 23.2 Å². The van der Waals surface area contributed by atoms with Gasteiger partial charge in [0.25, 0.3) is 15.9 Å². The first-order valence-electron chi connectivity index (χ1n) is 9.50. The van der Waals surface area contributed by atoms with Gasteiger partial charge in [-0.25, -0.2) is 13.8 Å². The Morgan fingerprint density at radius 1 is 0.971 bits per heavy atom. The zero-order valence-corrected chi connectivity index (χ0v) is 19.5. The summed E-state index contributed by atoms with van der Waals surface area (Å²) in [5.41, 5.74) is 1.27. The summed E-state index contributed by atoms with van der Waals surface area (Å²) in [5.74, 6) is -0.881. The van der Waals surface area contributed by atoms with Crippen LogP contribution in [-0.2, 0) is 21.0 Å². The van der Waals surface area contributed by atoms with Crippen LogP contribution in [0, 0.1) is 0 Å². The Hall–Kier alpha value is -3.08. The number of nitrogens with zero attached hydrogens (tertiary/aromatic N) is 2. The number of nitrogens with one attached hydrogen (secondary N) is 1. The molecule has 0 aliphatic rings. The van der Waals surface area contributed by atoms with E-state index in [1.165, 1.54) is 48.7 Å². The number of sulfonamides is 1. The van der Waals surface area contributed by atoms with Crippen molar-refractivity contribution in [2.45, 2.75) is 11.1 Å². The van der Waals surface area contributed by atoms with Crippen molar-refractivity contribution in [2.24, 2.45) is 5.10 Å². The highest BCUT2D eigenvalue weighted by Crippen LogP contribution is 2.33. The average Bonchev–Trinajstić information content (AvgIpc) is 2.80. The number of alkyl halides is 3. The van der Waals surface area contributed by atoms with E-state index >= 15 is 0 Å². The maximum Gasteiger partial charge on any atom is 0.416 e. The second-order valence-electron chi connectivity index (χ2n) is 6.84. The van der Waals surface area contributed by atoms with Gasteiger partial charge in [0.1, 0.15) is 6.54 Å². The van der Waals surface area contributed by atoms with Crippen molar-refractivity contribution in [1.82, 2.24) is 5.43 Å². The monoisotopic (exact) mass is 529 g/mol. The summed E-state index contributed by atoms with van der Waals surface area (Å²) in [4.78, 5) is 12.3. The standard InChI is InChI=1S/C22H16Cl2F3N3O3S/c23-19-10-9-15(11-20(19)24)13-28-29-21(31)14-30(34(32,33)18-7-2-1-3-8-18)17-6-4-5-16(12-17)22(25,26)27/h1-13H,14H2,(H,29,31)/b28-13-. The van der Waals surface area contributed by atoms with Crippen LogP contribution in [0.3, 0.4) is 0 Å². The number of hydrogen-bond acceptors (Lipinski definition) is 4. The van der Waals surface area contributed by atoms with Crippen molar-refractivity contribution < 1.29 is 26.4 Å². The summed E-state index contributed by atoms with van der Waals surface area (Å²) in [5, 5.41) is 4.33. The number of carbonyl (C=O) groups is 1. The number of carbonyl (C=O) groups excluding carboxylic acids is 1. The number of halogens is 5. The summed E-state index contributed by atoms with van der Waals surface area (Å²) in [6.45, 7) is -0.822. The minimum absolute atomic E-state index is 0.195. The van der Waals surface area contributed by atoms with Crippen LogP contribution in [0.4, 0.5) is 18.9 Å². The first-order valence-corrected chi connectivity index (χ1v) is 11.7. The van der Waals surface area contributed by atoms with E-state index in [4.69, 9.17) is 23.2 Å². The molecule has 0 radical (unpaired) electrons. The molecule has 3 aromatic carbocycles. The smallest absolute Gasteiger partial charge is 0.271 e. The van der Waals surface area contributed by atoms with Gasteiger partial charge in [0, 0.05) is 0 Å². The number of anilines is 1. The molecule has 3 aromatic rings. The van der Waals surface area contributed by atoms with Gasteiger partial charge < -0.3 is 0 Å². The fourth-order valence-corrected chi connectivity index (χ4v) is 4.55. The van der Waals surface area contributed by atoms with Crippen molar-refractivity contribution >= 4 is 51.0 Å². The molecule has 0 fully saturated rings. The van der Waals surface area contributed by atoms with Gasteiger partial charge in [-0.3, -0.25) is 9.10 Å². The van der Waals surface area contributed by atoms with Gasteiger partial charge in [0.2, 0.25) is 0 Å². The maximum atomic E-state index is 13.2. The van der Waals surface area contributed by atoms with Gasteiger partial charge in [0.15, 0.2) is 0 Å². The van der Waals surface area contributed by atoms with Gasteiger partial charge in [-0.2, -0.15) is 18.3 Å². The molecule has 0 saturated carbocycles. The van der Waals surface area contributed by atoms with Gasteiger partial charge in [0.05, 0.1) is 32.4 Å². The summed E-state index contributed by atoms with van der Waals surface area (Å²) >= 11 is 11.7. The molecular weight excluding hydrogens is 514 g/mol. The zero-order valence-electron chi connectivity index (χ0n) is 17.1. The molecular formula is C22H16Cl2F3N3O3S. The molecule has 178 valence electrons. The van der Waals surface area contributed by atoms with E-state index in [0.29, 0.717) is 21.0 Å². The van der Waals surface area contributed by atoms with E-state index in [9.17, 15) is 26.4 Å². The summed E-state index contributed by atoms with van der Waals surface area (Å²) in [7, 11) is -4.38. The lowest BCUT2D eigenvalue weighted by Crippen LogP contribution is -2.39. The minimum Gasteiger partial charge on any atom is -0.271 e. The molecule has 3 rings (SSSR count). The lowest BCUT2D eigenvalue weighted by molar-refractivity contribution is -0.137. The second kappa shape index (κ2) is 10.5. The molecule has 0 atom stereocenters. The third-order valence-corrected chi connectivity index (χ3v) is 6.95. The van der Waals surface area contributed by atoms with Crippen LogP contribution < -0.4 is 9.73 Å². The number of amides is 1. The number of rotatable bonds is 7. The van der Waals surface area contributed by atoms with Crippen LogP contribution in [0.2, 0.25) is 10.0 Å². The van der Waals surface area contributed by atoms with Crippen LogP contribution in [0.1, 0.15) is 11.1 Å². The van der Waals surface area contributed by atoms with Crippen LogP contribution in [0.15, 0.2) is 82.8 Å². The SMILES string of the molecule is O=C(CN(c1cccc(C(F)(F)F)c1)S(=O)(=O)c1ccccc1)N/N=C\c1ccc(Cl)c(Cl)c1. The molecule has 1 amide bonds. The summed E-state index contributed by atoms with van der Waals surface area (Å²) < 4.78 is 66.6. The van der Waals surface area contributed by atoms with Gasteiger partial charge in [-0.05, 0) is 48.0 Å². The highest BCUT2D eigenvalue weighted by atomic mass is 35.5. The average molecular weight is 530 g/mol. The molecule has 6 nitrogen and oxygen atoms in total. The highest BCUT2D eigenvalue weighted by molar-refractivity contribution is 7.92. The van der Waals surface area contributed by atoms with E-state index in [1.807, 2.05) is 0 Å². The predicted octanol–water partition coefficient (Wildman–Crippen LogP) is 5.36. The fraction of sp³-hybridized carbons (Fsp3) is 0.0909. The van der Waals surface area contributed by atoms with Crippen molar-refractivity contribution in [3.8, 4) is 0 Å². The number of benzene rings is 3. The van der Waals surface area contributed by atoms with Gasteiger partial charge >= 0.3 is 6.18 Å². The maximum absolute atomic E-state index is 13.2. The van der Waals surface area contributed by atoms with Crippen LogP contribution in [0.5, 0.6) is 0 Å². The first-order chi connectivity index (χ1) is 16.0. The summed E-state index contributed by atoms with van der Waals surface area (Å²) in [6, 6.07) is 15.3. The molecule has 1 N–H and O–H groups in total. The molecule has 34 heavy (non-hydrogen) atoms. The fourth-order valence-electron chi connectivity index (χ4n) is 2.81. The first kappa shape index (κ1) is 25.5. The highest BCUT2D eigenvalue weighted by Gasteiger charge is 2.33. The quantitative estimate of drug-likeness (QED) is 0.330. The Bertz CT molecular complexity index is 1320. The van der Waals surface area contributed by atoms with E-state index < -0.39 is 34.2 Å². The molecule has 0 aromatic heterocycles. The minimum atomic E-state index is -4.70. The largest absolute Gasteiger partial charge is 0.416 e. The Balaban J connectivity index is 1.89. The van der Waals surface area contributed by atoms with Gasteiger partial charge in [-0.15, -0.1) is 0 Å². The van der Waals surface area contributed by atoms with E-state index in [1.54, 1.807) is 12.1 Å². The Morgan fingerprint density at radius 3 is 2.32 bits per heavy atom. The molecule has 0 spiro atoms.